The average molecular weight is 231 g/mol. The third kappa shape index (κ3) is 2.72. The summed E-state index contributed by atoms with van der Waals surface area (Å²) < 4.78 is 5.05. The number of esters is 1. The fourth-order valence-electron chi connectivity index (χ4n) is 1.71. The molecule has 4 heteroatoms. The number of rotatable bonds is 3. The highest BCUT2D eigenvalue weighted by Crippen LogP contribution is 2.16. The van der Waals surface area contributed by atoms with E-state index in [1.54, 1.807) is 6.08 Å². The first kappa shape index (κ1) is 11.4. The lowest BCUT2D eigenvalue weighted by Gasteiger charge is -2.23. The van der Waals surface area contributed by atoms with Gasteiger partial charge in [-0.15, -0.1) is 0 Å². The van der Waals surface area contributed by atoms with Crippen LogP contribution in [0.4, 0.5) is 0 Å². The minimum absolute atomic E-state index is 0.139. The van der Waals surface area contributed by atoms with Crippen molar-refractivity contribution in [2.45, 2.75) is 19.7 Å². The Morgan fingerprint density at radius 3 is 2.71 bits per heavy atom. The second-order valence-corrected chi connectivity index (χ2v) is 3.81. The zero-order valence-electron chi connectivity index (χ0n) is 9.50. The molecule has 0 spiro atoms. The molecule has 1 atom stereocenters. The molecule has 0 fully saturated rings. The molecule has 1 aliphatic rings. The molecule has 0 radical (unpaired) electrons. The standard InChI is InChI=1S/C13H13NO3/c1-10(15)17-13-8-7-12(16)14(13)9-11-5-3-2-4-6-11/h2-8,13H,9H2,1H3/t13-/m0/s1. The van der Waals surface area contributed by atoms with Gasteiger partial charge in [0.2, 0.25) is 5.91 Å². The van der Waals surface area contributed by atoms with Gasteiger partial charge in [-0.05, 0) is 11.6 Å². The lowest BCUT2D eigenvalue weighted by molar-refractivity contribution is -0.155. The zero-order chi connectivity index (χ0) is 12.3. The van der Waals surface area contributed by atoms with E-state index in [0.717, 1.165) is 5.56 Å². The molecule has 17 heavy (non-hydrogen) atoms. The number of amides is 1. The van der Waals surface area contributed by atoms with E-state index >= 15 is 0 Å². The first-order valence-electron chi connectivity index (χ1n) is 5.37. The van der Waals surface area contributed by atoms with Crippen LogP contribution in [-0.4, -0.2) is 23.0 Å². The Hall–Kier alpha value is -2.10. The molecule has 1 amide bonds. The largest absolute Gasteiger partial charge is 0.438 e. The van der Waals surface area contributed by atoms with Gasteiger partial charge in [-0.2, -0.15) is 0 Å². The number of ether oxygens (including phenoxy) is 1. The van der Waals surface area contributed by atoms with Crippen molar-refractivity contribution in [1.82, 2.24) is 4.90 Å². The van der Waals surface area contributed by atoms with E-state index in [1.165, 1.54) is 17.9 Å². The Labute approximate surface area is 99.5 Å². The summed E-state index contributed by atoms with van der Waals surface area (Å²) in [5.41, 5.74) is 1.00. The van der Waals surface area contributed by atoms with Crippen LogP contribution < -0.4 is 0 Å². The van der Waals surface area contributed by atoms with Crippen molar-refractivity contribution in [2.24, 2.45) is 0 Å². The normalized spacial score (nSPS) is 18.5. The highest BCUT2D eigenvalue weighted by atomic mass is 16.6. The number of nitrogens with zero attached hydrogens (tertiary/aromatic N) is 1. The topological polar surface area (TPSA) is 46.6 Å². The molecule has 1 aromatic carbocycles. The molecular weight excluding hydrogens is 218 g/mol. The molecule has 1 aromatic rings. The Bertz CT molecular complexity index is 453. The van der Waals surface area contributed by atoms with Crippen molar-refractivity contribution in [3.05, 3.63) is 48.0 Å². The minimum Gasteiger partial charge on any atom is -0.438 e. The summed E-state index contributed by atoms with van der Waals surface area (Å²) in [7, 11) is 0. The lowest BCUT2D eigenvalue weighted by atomic mass is 10.2. The molecule has 1 heterocycles. The van der Waals surface area contributed by atoms with Gasteiger partial charge in [-0.1, -0.05) is 30.3 Å². The van der Waals surface area contributed by atoms with Crippen LogP contribution in [0.15, 0.2) is 42.5 Å². The minimum atomic E-state index is -0.583. The maximum Gasteiger partial charge on any atom is 0.304 e. The van der Waals surface area contributed by atoms with E-state index in [1.807, 2.05) is 30.3 Å². The van der Waals surface area contributed by atoms with Crippen molar-refractivity contribution in [1.29, 1.82) is 0 Å². The first-order valence-corrected chi connectivity index (χ1v) is 5.37. The second kappa shape index (κ2) is 4.82. The van der Waals surface area contributed by atoms with Crippen LogP contribution in [-0.2, 0) is 20.9 Å². The van der Waals surface area contributed by atoms with E-state index in [0.29, 0.717) is 6.54 Å². The van der Waals surface area contributed by atoms with Crippen LogP contribution >= 0.6 is 0 Å². The third-order valence-corrected chi connectivity index (χ3v) is 2.48. The van der Waals surface area contributed by atoms with Crippen molar-refractivity contribution >= 4 is 11.9 Å². The Kier molecular flexibility index (Phi) is 3.23. The molecule has 0 aromatic heterocycles. The number of benzene rings is 1. The van der Waals surface area contributed by atoms with Gasteiger partial charge in [-0.25, -0.2) is 0 Å². The maximum atomic E-state index is 11.6. The molecule has 0 unspecified atom stereocenters. The van der Waals surface area contributed by atoms with Gasteiger partial charge in [-0.3, -0.25) is 14.5 Å². The smallest absolute Gasteiger partial charge is 0.304 e. The van der Waals surface area contributed by atoms with Gasteiger partial charge in [0.05, 0.1) is 0 Å². The fraction of sp³-hybridized carbons (Fsp3) is 0.231. The average Bonchev–Trinajstić information content (AvgIpc) is 2.62. The van der Waals surface area contributed by atoms with Gasteiger partial charge in [0, 0.05) is 19.5 Å². The van der Waals surface area contributed by atoms with Gasteiger partial charge < -0.3 is 4.74 Å². The van der Waals surface area contributed by atoms with E-state index in [-0.39, 0.29) is 5.91 Å². The number of carbonyl (C=O) groups is 2. The molecule has 1 aliphatic heterocycles. The van der Waals surface area contributed by atoms with Crippen molar-refractivity contribution in [3.8, 4) is 0 Å². The van der Waals surface area contributed by atoms with Gasteiger partial charge in [0.25, 0.3) is 0 Å². The summed E-state index contributed by atoms with van der Waals surface area (Å²) in [5.74, 6) is -0.535. The third-order valence-electron chi connectivity index (χ3n) is 2.48. The SMILES string of the molecule is CC(=O)O[C@H]1C=CC(=O)N1Cc1ccccc1. The van der Waals surface area contributed by atoms with Crippen LogP contribution in [0.5, 0.6) is 0 Å². The molecule has 88 valence electrons. The monoisotopic (exact) mass is 231 g/mol. The van der Waals surface area contributed by atoms with E-state index in [2.05, 4.69) is 0 Å². The zero-order valence-corrected chi connectivity index (χ0v) is 9.50. The number of carbonyl (C=O) groups excluding carboxylic acids is 2. The Balaban J connectivity index is 2.08. The van der Waals surface area contributed by atoms with Crippen molar-refractivity contribution < 1.29 is 14.3 Å². The molecule has 0 saturated carbocycles. The number of hydrogen-bond donors (Lipinski definition) is 0. The summed E-state index contributed by atoms with van der Waals surface area (Å²) in [6.07, 6.45) is 2.43. The highest BCUT2D eigenvalue weighted by molar-refractivity contribution is 5.90. The van der Waals surface area contributed by atoms with Crippen molar-refractivity contribution in [2.75, 3.05) is 0 Å². The summed E-state index contributed by atoms with van der Waals surface area (Å²) in [6, 6.07) is 9.58. The second-order valence-electron chi connectivity index (χ2n) is 3.81. The molecule has 0 aliphatic carbocycles. The molecular formula is C13H13NO3. The predicted octanol–water partition coefficient (Wildman–Crippen LogP) is 1.47. The van der Waals surface area contributed by atoms with Gasteiger partial charge >= 0.3 is 5.97 Å². The Morgan fingerprint density at radius 2 is 2.06 bits per heavy atom. The van der Waals surface area contributed by atoms with Crippen molar-refractivity contribution in [3.63, 3.8) is 0 Å². The summed E-state index contributed by atoms with van der Waals surface area (Å²) in [4.78, 5) is 24.0. The fourth-order valence-corrected chi connectivity index (χ4v) is 1.71. The van der Waals surface area contributed by atoms with Crippen LogP contribution in [0.25, 0.3) is 0 Å². The molecule has 4 nitrogen and oxygen atoms in total. The van der Waals surface area contributed by atoms with Crippen LogP contribution in [0.2, 0.25) is 0 Å². The highest BCUT2D eigenvalue weighted by Gasteiger charge is 2.27. The Morgan fingerprint density at radius 1 is 1.35 bits per heavy atom. The summed E-state index contributed by atoms with van der Waals surface area (Å²) in [5, 5.41) is 0. The lowest BCUT2D eigenvalue weighted by Crippen LogP contribution is -2.36. The van der Waals surface area contributed by atoms with Gasteiger partial charge in [0.15, 0.2) is 6.23 Å². The maximum absolute atomic E-state index is 11.6. The van der Waals surface area contributed by atoms with Crippen LogP contribution in [0, 0.1) is 0 Å². The number of hydrogen-bond acceptors (Lipinski definition) is 3. The summed E-state index contributed by atoms with van der Waals surface area (Å²) >= 11 is 0. The summed E-state index contributed by atoms with van der Waals surface area (Å²) in [6.45, 7) is 1.77. The molecule has 0 N–H and O–H groups in total. The first-order chi connectivity index (χ1) is 8.16. The van der Waals surface area contributed by atoms with E-state index in [4.69, 9.17) is 4.74 Å². The molecule has 0 bridgehead atoms. The van der Waals surface area contributed by atoms with Gasteiger partial charge in [0.1, 0.15) is 0 Å². The van der Waals surface area contributed by atoms with E-state index in [9.17, 15) is 9.59 Å². The predicted molar refractivity (Wildman–Crippen MR) is 61.7 cm³/mol. The molecule has 0 saturated heterocycles. The van der Waals surface area contributed by atoms with Crippen LogP contribution in [0.1, 0.15) is 12.5 Å². The van der Waals surface area contributed by atoms with Crippen LogP contribution in [0.3, 0.4) is 0 Å². The van der Waals surface area contributed by atoms with E-state index < -0.39 is 12.2 Å². The quantitative estimate of drug-likeness (QED) is 0.740. The molecule has 2 rings (SSSR count).